The fraction of sp³-hybridized carbons (Fsp3) is 0.444. The molecule has 3 atom stereocenters. The molecule has 2 bridgehead atoms. The number of fused-ring (bicyclic) bond motifs is 3. The van der Waals surface area contributed by atoms with E-state index in [1.807, 2.05) is 12.2 Å². The predicted molar refractivity (Wildman–Crippen MR) is 48.4 cm³/mol. The first kappa shape index (κ1) is 7.87. The summed E-state index contributed by atoms with van der Waals surface area (Å²) in [5.74, 6) is 0.651. The van der Waals surface area contributed by atoms with Crippen LogP contribution in [0.1, 0.15) is 6.42 Å². The summed E-state index contributed by atoms with van der Waals surface area (Å²) in [5.41, 5.74) is 12.1. The Hall–Kier alpha value is -1.49. The van der Waals surface area contributed by atoms with Crippen LogP contribution in [0.4, 0.5) is 0 Å². The maximum atomic E-state index is 11.1. The third-order valence-corrected chi connectivity index (χ3v) is 2.93. The number of nitrogens with one attached hydrogen (secondary N) is 2. The Morgan fingerprint density at radius 3 is 3.29 bits per heavy atom. The molecule has 0 aliphatic carbocycles. The van der Waals surface area contributed by atoms with Crippen molar-refractivity contribution in [3.8, 4) is 0 Å². The number of hydrogen-bond acceptors (Lipinski definition) is 4. The van der Waals surface area contributed by atoms with E-state index in [1.165, 1.54) is 0 Å². The van der Waals surface area contributed by atoms with Crippen LogP contribution in [-0.2, 0) is 9.53 Å². The van der Waals surface area contributed by atoms with E-state index in [1.54, 1.807) is 0 Å². The zero-order chi connectivity index (χ0) is 9.71. The van der Waals surface area contributed by atoms with E-state index >= 15 is 0 Å². The number of carbonyl (C=O) groups excluding carboxylic acids is 1. The third kappa shape index (κ3) is 0.899. The van der Waals surface area contributed by atoms with Gasteiger partial charge in [-0.25, -0.2) is 5.43 Å². The maximum Gasteiger partial charge on any atom is 0.237 e. The van der Waals surface area contributed by atoms with Crippen molar-refractivity contribution in [1.82, 2.24) is 10.9 Å². The molecule has 3 unspecified atom stereocenters. The largest absolute Gasteiger partial charge is 0.484 e. The summed E-state index contributed by atoms with van der Waals surface area (Å²) in [6.07, 6.45) is 4.88. The highest BCUT2D eigenvalue weighted by atomic mass is 16.5. The smallest absolute Gasteiger partial charge is 0.237 e. The van der Waals surface area contributed by atoms with E-state index in [4.69, 9.17) is 10.5 Å². The van der Waals surface area contributed by atoms with Gasteiger partial charge in [0.1, 0.15) is 17.9 Å². The van der Waals surface area contributed by atoms with Crippen molar-refractivity contribution in [2.24, 2.45) is 11.7 Å². The molecule has 5 nitrogen and oxygen atoms in total. The van der Waals surface area contributed by atoms with Gasteiger partial charge in [-0.1, -0.05) is 0 Å². The van der Waals surface area contributed by atoms with E-state index in [0.29, 0.717) is 0 Å². The second-order valence-electron chi connectivity index (χ2n) is 3.78. The number of rotatable bonds is 1. The van der Waals surface area contributed by atoms with E-state index in [-0.39, 0.29) is 24.0 Å². The second kappa shape index (κ2) is 2.51. The Bertz CT molecular complexity index is 361. The van der Waals surface area contributed by atoms with Gasteiger partial charge in [0.05, 0.1) is 5.70 Å². The summed E-state index contributed by atoms with van der Waals surface area (Å²) < 4.78 is 5.55. The highest BCUT2D eigenvalue weighted by molar-refractivity contribution is 5.81. The lowest BCUT2D eigenvalue weighted by Crippen LogP contribution is -2.43. The number of hydrogen-bond donors (Lipinski definition) is 3. The Labute approximate surface area is 80.9 Å². The molecule has 1 fully saturated rings. The molecule has 0 spiro atoms. The minimum atomic E-state index is -0.320. The first-order chi connectivity index (χ1) is 6.75. The van der Waals surface area contributed by atoms with Gasteiger partial charge in [0.25, 0.3) is 0 Å². The van der Waals surface area contributed by atoms with Gasteiger partial charge in [-0.15, -0.1) is 0 Å². The molecule has 3 aliphatic heterocycles. The quantitative estimate of drug-likeness (QED) is 0.506. The summed E-state index contributed by atoms with van der Waals surface area (Å²) in [4.78, 5) is 11.1. The fourth-order valence-electron chi connectivity index (χ4n) is 2.25. The normalized spacial score (nSPS) is 37.9. The van der Waals surface area contributed by atoms with Crippen molar-refractivity contribution >= 4 is 5.91 Å². The van der Waals surface area contributed by atoms with Crippen LogP contribution in [-0.4, -0.2) is 18.1 Å². The molecule has 0 radical (unpaired) electrons. The summed E-state index contributed by atoms with van der Waals surface area (Å²) in [5, 5.41) is 0. The van der Waals surface area contributed by atoms with Gasteiger partial charge >= 0.3 is 0 Å². The summed E-state index contributed by atoms with van der Waals surface area (Å²) in [6.45, 7) is 0. The molecule has 1 saturated heterocycles. The van der Waals surface area contributed by atoms with Gasteiger partial charge in [0.15, 0.2) is 0 Å². The standard InChI is InChI=1S/C9H11N3O2/c10-9(13)8-5-3-4-1-2-6(14-4)7(5)11-12-8/h1-2,4-5,8,11-12H,3H2,(H2,10,13). The Morgan fingerprint density at radius 2 is 2.50 bits per heavy atom. The number of carbonyl (C=O) groups is 1. The van der Waals surface area contributed by atoms with Crippen molar-refractivity contribution in [3.05, 3.63) is 23.6 Å². The number of allylic oxidation sites excluding steroid dienone is 1. The van der Waals surface area contributed by atoms with Crippen LogP contribution in [0.2, 0.25) is 0 Å². The van der Waals surface area contributed by atoms with Gasteiger partial charge in [0.2, 0.25) is 5.91 Å². The van der Waals surface area contributed by atoms with Crippen LogP contribution in [0.25, 0.3) is 0 Å². The van der Waals surface area contributed by atoms with Gasteiger partial charge < -0.3 is 15.9 Å². The summed E-state index contributed by atoms with van der Waals surface area (Å²) in [7, 11) is 0. The average molecular weight is 193 g/mol. The average Bonchev–Trinajstić information content (AvgIpc) is 2.71. The lowest BCUT2D eigenvalue weighted by atomic mass is 9.91. The van der Waals surface area contributed by atoms with Crippen molar-refractivity contribution in [2.75, 3.05) is 0 Å². The molecule has 0 aromatic heterocycles. The van der Waals surface area contributed by atoms with Gasteiger partial charge in [-0.3, -0.25) is 4.79 Å². The molecule has 0 aromatic carbocycles. The maximum absolute atomic E-state index is 11.1. The molecular formula is C9H11N3O2. The number of ether oxygens (including phenoxy) is 1. The highest BCUT2D eigenvalue weighted by Gasteiger charge is 2.43. The molecule has 74 valence electrons. The molecule has 14 heavy (non-hydrogen) atoms. The predicted octanol–water partition coefficient (Wildman–Crippen LogP) is -0.865. The zero-order valence-corrected chi connectivity index (χ0v) is 7.49. The molecule has 4 N–H and O–H groups in total. The monoisotopic (exact) mass is 193 g/mol. The van der Waals surface area contributed by atoms with E-state index in [9.17, 15) is 4.79 Å². The van der Waals surface area contributed by atoms with Gasteiger partial charge in [0, 0.05) is 5.92 Å². The highest BCUT2D eigenvalue weighted by Crippen LogP contribution is 2.37. The SMILES string of the molecule is NC(=O)C1NNC2=C3C=CC(CC21)O3. The molecule has 5 heteroatoms. The lowest BCUT2D eigenvalue weighted by molar-refractivity contribution is -0.120. The van der Waals surface area contributed by atoms with Gasteiger partial charge in [-0.2, -0.15) is 0 Å². The molecule has 3 rings (SSSR count). The Kier molecular flexibility index (Phi) is 1.41. The molecular weight excluding hydrogens is 182 g/mol. The van der Waals surface area contributed by atoms with Crippen LogP contribution < -0.4 is 16.6 Å². The summed E-state index contributed by atoms with van der Waals surface area (Å²) >= 11 is 0. The van der Waals surface area contributed by atoms with Crippen LogP contribution in [0, 0.1) is 5.92 Å². The van der Waals surface area contributed by atoms with Crippen molar-refractivity contribution < 1.29 is 9.53 Å². The number of amides is 1. The molecule has 1 amide bonds. The van der Waals surface area contributed by atoms with E-state index in [0.717, 1.165) is 17.9 Å². The first-order valence-corrected chi connectivity index (χ1v) is 4.65. The Balaban J connectivity index is 1.98. The van der Waals surface area contributed by atoms with E-state index in [2.05, 4.69) is 10.9 Å². The van der Waals surface area contributed by atoms with E-state index < -0.39 is 0 Å². The lowest BCUT2D eigenvalue weighted by Gasteiger charge is -2.24. The second-order valence-corrected chi connectivity index (χ2v) is 3.78. The number of hydrazine groups is 1. The van der Waals surface area contributed by atoms with Crippen LogP contribution in [0.5, 0.6) is 0 Å². The zero-order valence-electron chi connectivity index (χ0n) is 7.49. The first-order valence-electron chi connectivity index (χ1n) is 4.65. The van der Waals surface area contributed by atoms with Crippen LogP contribution in [0.15, 0.2) is 23.6 Å². The minimum Gasteiger partial charge on any atom is -0.484 e. The molecule has 0 aromatic rings. The number of nitrogens with two attached hydrogens (primary N) is 1. The van der Waals surface area contributed by atoms with Gasteiger partial charge in [-0.05, 0) is 18.6 Å². The Morgan fingerprint density at radius 1 is 1.64 bits per heavy atom. The van der Waals surface area contributed by atoms with Crippen molar-refractivity contribution in [2.45, 2.75) is 18.6 Å². The third-order valence-electron chi connectivity index (χ3n) is 2.93. The molecule has 3 heterocycles. The minimum absolute atomic E-state index is 0.113. The summed E-state index contributed by atoms with van der Waals surface area (Å²) in [6, 6.07) is -0.314. The van der Waals surface area contributed by atoms with Crippen LogP contribution >= 0.6 is 0 Å². The fourth-order valence-corrected chi connectivity index (χ4v) is 2.25. The molecule has 3 aliphatic rings. The van der Waals surface area contributed by atoms with Crippen molar-refractivity contribution in [1.29, 1.82) is 0 Å². The number of primary amides is 1. The molecule has 0 saturated carbocycles. The topological polar surface area (TPSA) is 76.4 Å². The van der Waals surface area contributed by atoms with Crippen LogP contribution in [0.3, 0.4) is 0 Å². The van der Waals surface area contributed by atoms with Crippen molar-refractivity contribution in [3.63, 3.8) is 0 Å².